The number of rotatable bonds is 14. The standard InChI is InChI=1S/C32H40F7NO4/c1-8-11-12-25(44-24-16-13-19(28(4,5)9-2)17-22(24)29(6,7)10-3)27(43)40-20-14-15-21(23(41)18-20)26(42)30(33,34)31(35,36)32(37,38)39/h13-18,25,41H,8-12H2,1-7H3,(H,40,43). The van der Waals surface area contributed by atoms with Gasteiger partial charge in [-0.15, -0.1) is 0 Å². The van der Waals surface area contributed by atoms with Crippen molar-refractivity contribution in [2.45, 2.75) is 116 Å². The molecule has 2 aromatic rings. The lowest BCUT2D eigenvalue weighted by atomic mass is 9.76. The quantitative estimate of drug-likeness (QED) is 0.160. The zero-order valence-electron chi connectivity index (χ0n) is 25.9. The summed E-state index contributed by atoms with van der Waals surface area (Å²) in [6.07, 6.45) is -4.53. The topological polar surface area (TPSA) is 75.6 Å². The van der Waals surface area contributed by atoms with Gasteiger partial charge in [-0.1, -0.05) is 67.0 Å². The number of ether oxygens (including phenoxy) is 1. The Balaban J connectivity index is 2.41. The minimum Gasteiger partial charge on any atom is -0.507 e. The summed E-state index contributed by atoms with van der Waals surface area (Å²) in [5, 5.41) is 12.6. The number of phenolic OH excluding ortho intramolecular Hbond substituents is 1. The number of alkyl halides is 7. The fourth-order valence-electron chi connectivity index (χ4n) is 4.28. The highest BCUT2D eigenvalue weighted by Gasteiger charge is 2.76. The van der Waals surface area contributed by atoms with E-state index in [0.717, 1.165) is 36.5 Å². The van der Waals surface area contributed by atoms with E-state index in [4.69, 9.17) is 4.74 Å². The number of phenols is 1. The van der Waals surface area contributed by atoms with E-state index in [2.05, 4.69) is 46.0 Å². The minimum atomic E-state index is -6.72. The number of ketones is 1. The van der Waals surface area contributed by atoms with Crippen LogP contribution in [0, 0.1) is 0 Å². The molecule has 0 aliphatic heterocycles. The van der Waals surface area contributed by atoms with E-state index in [-0.39, 0.29) is 22.9 Å². The van der Waals surface area contributed by atoms with Gasteiger partial charge in [0.05, 0.1) is 5.56 Å². The zero-order valence-corrected chi connectivity index (χ0v) is 25.9. The normalized spacial score (nSPS) is 13.9. The highest BCUT2D eigenvalue weighted by molar-refractivity contribution is 6.05. The Morgan fingerprint density at radius 1 is 0.864 bits per heavy atom. The van der Waals surface area contributed by atoms with E-state index in [9.17, 15) is 45.4 Å². The second-order valence-electron chi connectivity index (χ2n) is 12.1. The van der Waals surface area contributed by atoms with Crippen molar-refractivity contribution in [3.8, 4) is 11.5 Å². The second kappa shape index (κ2) is 13.4. The second-order valence-corrected chi connectivity index (χ2v) is 12.1. The predicted octanol–water partition coefficient (Wildman–Crippen LogP) is 9.36. The van der Waals surface area contributed by atoms with E-state index in [1.807, 2.05) is 26.0 Å². The lowest BCUT2D eigenvalue weighted by Crippen LogP contribution is -2.56. The summed E-state index contributed by atoms with van der Waals surface area (Å²) >= 11 is 0. The Hall–Kier alpha value is -3.31. The molecule has 2 rings (SSSR count). The molecule has 1 amide bonds. The van der Waals surface area contributed by atoms with Crippen molar-refractivity contribution in [1.82, 2.24) is 0 Å². The van der Waals surface area contributed by atoms with E-state index >= 15 is 0 Å². The van der Waals surface area contributed by atoms with Crippen molar-refractivity contribution < 1.29 is 50.2 Å². The Morgan fingerprint density at radius 3 is 1.95 bits per heavy atom. The highest BCUT2D eigenvalue weighted by Crippen LogP contribution is 2.48. The van der Waals surface area contributed by atoms with Crippen molar-refractivity contribution in [3.05, 3.63) is 53.1 Å². The van der Waals surface area contributed by atoms with Crippen LogP contribution < -0.4 is 10.1 Å². The predicted molar refractivity (Wildman–Crippen MR) is 154 cm³/mol. The fourth-order valence-corrected chi connectivity index (χ4v) is 4.28. The lowest BCUT2D eigenvalue weighted by molar-refractivity contribution is -0.339. The van der Waals surface area contributed by atoms with Gasteiger partial charge in [0, 0.05) is 17.3 Å². The first-order valence-electron chi connectivity index (χ1n) is 14.4. The maximum Gasteiger partial charge on any atom is 0.460 e. The number of halogens is 7. The minimum absolute atomic E-state index is 0.113. The van der Waals surface area contributed by atoms with Crippen molar-refractivity contribution in [2.24, 2.45) is 0 Å². The summed E-state index contributed by atoms with van der Waals surface area (Å²) in [5.74, 6) is -17.3. The average Bonchev–Trinajstić information content (AvgIpc) is 2.94. The molecule has 0 bridgehead atoms. The molecule has 0 spiro atoms. The molecular formula is C32H40F7NO4. The van der Waals surface area contributed by atoms with Gasteiger partial charge < -0.3 is 15.2 Å². The Labute approximate surface area is 253 Å². The molecule has 2 N–H and O–H groups in total. The monoisotopic (exact) mass is 635 g/mol. The first kappa shape index (κ1) is 36.9. The van der Waals surface area contributed by atoms with Gasteiger partial charge in [0.25, 0.3) is 5.91 Å². The molecule has 1 atom stereocenters. The third kappa shape index (κ3) is 7.66. The molecule has 0 radical (unpaired) electrons. The summed E-state index contributed by atoms with van der Waals surface area (Å²) < 4.78 is 98.5. The first-order valence-corrected chi connectivity index (χ1v) is 14.4. The number of anilines is 1. The molecule has 5 nitrogen and oxygen atoms in total. The van der Waals surface area contributed by atoms with E-state index < -0.39 is 47.1 Å². The van der Waals surface area contributed by atoms with Crippen LogP contribution in [0.1, 0.15) is 102 Å². The number of amides is 1. The Bertz CT molecular complexity index is 1340. The smallest absolute Gasteiger partial charge is 0.460 e. The van der Waals surface area contributed by atoms with Crippen LogP contribution in [0.5, 0.6) is 11.5 Å². The van der Waals surface area contributed by atoms with Crippen LogP contribution in [0.25, 0.3) is 0 Å². The number of Topliss-reactive ketones (excluding diaryl/α,β-unsaturated/α-hetero) is 1. The van der Waals surface area contributed by atoms with Gasteiger partial charge in [-0.2, -0.15) is 30.7 Å². The lowest BCUT2D eigenvalue weighted by Gasteiger charge is -2.31. The van der Waals surface area contributed by atoms with Crippen LogP contribution in [-0.4, -0.2) is 40.9 Å². The number of carbonyl (C=O) groups excluding carboxylic acids is 2. The van der Waals surface area contributed by atoms with Gasteiger partial charge in [-0.3, -0.25) is 9.59 Å². The van der Waals surface area contributed by atoms with Crippen LogP contribution in [0.3, 0.4) is 0 Å². The van der Waals surface area contributed by atoms with Gasteiger partial charge in [-0.05, 0) is 60.3 Å². The van der Waals surface area contributed by atoms with Gasteiger partial charge in [0.2, 0.25) is 5.78 Å². The molecule has 12 heteroatoms. The summed E-state index contributed by atoms with van der Waals surface area (Å²) in [5.41, 5.74) is -0.141. The van der Waals surface area contributed by atoms with Crippen LogP contribution in [-0.2, 0) is 15.6 Å². The van der Waals surface area contributed by atoms with Gasteiger partial charge in [-0.25, -0.2) is 0 Å². The van der Waals surface area contributed by atoms with E-state index in [1.165, 1.54) is 0 Å². The van der Waals surface area contributed by atoms with Gasteiger partial charge >= 0.3 is 18.0 Å². The van der Waals surface area contributed by atoms with Gasteiger partial charge in [0.15, 0.2) is 6.10 Å². The molecule has 246 valence electrons. The number of aromatic hydroxyl groups is 1. The maximum absolute atomic E-state index is 13.9. The fraction of sp³-hybridized carbons (Fsp3) is 0.562. The number of hydrogen-bond acceptors (Lipinski definition) is 4. The number of benzene rings is 2. The molecule has 2 aromatic carbocycles. The van der Waals surface area contributed by atoms with Crippen molar-refractivity contribution in [1.29, 1.82) is 0 Å². The highest BCUT2D eigenvalue weighted by atomic mass is 19.4. The Kier molecular flexibility index (Phi) is 11.2. The zero-order chi connectivity index (χ0) is 33.9. The largest absolute Gasteiger partial charge is 0.507 e. The summed E-state index contributed by atoms with van der Waals surface area (Å²) in [7, 11) is 0. The van der Waals surface area contributed by atoms with Crippen LogP contribution in [0.15, 0.2) is 36.4 Å². The number of nitrogens with one attached hydrogen (secondary N) is 1. The van der Waals surface area contributed by atoms with Crippen molar-refractivity contribution >= 4 is 17.4 Å². The van der Waals surface area contributed by atoms with Gasteiger partial charge in [0.1, 0.15) is 11.5 Å². The van der Waals surface area contributed by atoms with Crippen molar-refractivity contribution in [3.63, 3.8) is 0 Å². The summed E-state index contributed by atoms with van der Waals surface area (Å²) in [4.78, 5) is 25.3. The molecule has 0 saturated heterocycles. The number of unbranched alkanes of at least 4 members (excludes halogenated alkanes) is 1. The van der Waals surface area contributed by atoms with Crippen LogP contribution in [0.2, 0.25) is 0 Å². The number of hydrogen-bond donors (Lipinski definition) is 2. The molecule has 0 heterocycles. The van der Waals surface area contributed by atoms with E-state index in [1.54, 1.807) is 0 Å². The molecule has 1 unspecified atom stereocenters. The molecule has 0 aliphatic carbocycles. The first-order chi connectivity index (χ1) is 20.1. The molecule has 0 saturated carbocycles. The maximum atomic E-state index is 13.9. The molecular weight excluding hydrogens is 595 g/mol. The Morgan fingerprint density at radius 2 is 1.45 bits per heavy atom. The van der Waals surface area contributed by atoms with Crippen LogP contribution in [0.4, 0.5) is 36.4 Å². The third-order valence-electron chi connectivity index (χ3n) is 8.18. The van der Waals surface area contributed by atoms with Crippen molar-refractivity contribution in [2.75, 3.05) is 5.32 Å². The summed E-state index contributed by atoms with van der Waals surface area (Å²) in [6.45, 7) is 14.4. The SMILES string of the molecule is CCCCC(Oc1ccc(C(C)(C)CC)cc1C(C)(C)CC)C(=O)Nc1ccc(C(=O)C(F)(F)C(F)(F)C(F)(F)F)c(O)c1. The van der Waals surface area contributed by atoms with Crippen LogP contribution >= 0.6 is 0 Å². The molecule has 44 heavy (non-hydrogen) atoms. The van der Waals surface area contributed by atoms with E-state index in [0.29, 0.717) is 24.3 Å². The number of carbonyl (C=O) groups is 2. The molecule has 0 aliphatic rings. The molecule has 0 fully saturated rings. The molecule has 0 aromatic heterocycles. The summed E-state index contributed by atoms with van der Waals surface area (Å²) in [6, 6.07) is 7.70. The average molecular weight is 636 g/mol. The third-order valence-corrected chi connectivity index (χ3v) is 8.18.